The van der Waals surface area contributed by atoms with E-state index in [-0.39, 0.29) is 5.91 Å². The largest absolute Gasteiger partial charge is 0.379 e. The summed E-state index contributed by atoms with van der Waals surface area (Å²) >= 11 is 1.39. The minimum atomic E-state index is -1.00. The number of carbonyl (C=O) groups is 1. The quantitative estimate of drug-likeness (QED) is 0.524. The van der Waals surface area contributed by atoms with Gasteiger partial charge < -0.3 is 14.4 Å². The van der Waals surface area contributed by atoms with E-state index in [0.717, 1.165) is 18.1 Å². The maximum Gasteiger partial charge on any atom is 0.267 e. The van der Waals surface area contributed by atoms with E-state index in [4.69, 9.17) is 9.47 Å². The molecule has 1 aromatic heterocycles. The Kier molecular flexibility index (Phi) is 7.48. The van der Waals surface area contributed by atoms with Crippen LogP contribution in [0.1, 0.15) is 13.8 Å². The van der Waals surface area contributed by atoms with Crippen LogP contribution in [0.4, 0.5) is 0 Å². The van der Waals surface area contributed by atoms with E-state index < -0.39 is 4.93 Å². The molecule has 1 amide bonds. The molecule has 1 aliphatic rings. The van der Waals surface area contributed by atoms with Crippen LogP contribution >= 0.6 is 11.8 Å². The Morgan fingerprint density at radius 1 is 1.38 bits per heavy atom. The molecule has 6 nitrogen and oxygen atoms in total. The molecule has 0 bridgehead atoms. The van der Waals surface area contributed by atoms with Crippen LogP contribution in [-0.2, 0) is 14.3 Å². The number of pyridine rings is 1. The zero-order valence-corrected chi connectivity index (χ0v) is 15.6. The molecule has 0 aliphatic carbocycles. The van der Waals surface area contributed by atoms with Gasteiger partial charge in [0.1, 0.15) is 0 Å². The number of likely N-dealkylation sites (N-methyl/N-ethyl adjacent to an activating group) is 1. The van der Waals surface area contributed by atoms with Crippen LogP contribution in [0.2, 0.25) is 0 Å². The minimum Gasteiger partial charge on any atom is -0.379 e. The van der Waals surface area contributed by atoms with Gasteiger partial charge in [0.15, 0.2) is 0 Å². The van der Waals surface area contributed by atoms with E-state index >= 15 is 0 Å². The summed E-state index contributed by atoms with van der Waals surface area (Å²) in [6.07, 6.45) is 1.74. The van der Waals surface area contributed by atoms with Crippen LogP contribution in [0, 0.1) is 0 Å². The lowest BCUT2D eigenvalue weighted by Gasteiger charge is -2.39. The van der Waals surface area contributed by atoms with Gasteiger partial charge in [-0.3, -0.25) is 9.69 Å². The lowest BCUT2D eigenvalue weighted by molar-refractivity contribution is -0.147. The Balaban J connectivity index is 2.27. The molecule has 2 heterocycles. The maximum absolute atomic E-state index is 13.2. The Morgan fingerprint density at radius 3 is 2.62 bits per heavy atom. The Morgan fingerprint density at radius 2 is 2.08 bits per heavy atom. The molecule has 0 spiro atoms. The first-order valence-corrected chi connectivity index (χ1v) is 9.21. The van der Waals surface area contributed by atoms with Gasteiger partial charge in [0.2, 0.25) is 4.93 Å². The SMILES string of the molecule is CCN(CC)C(=O)C(CN1CCOCC1)(OC)Sc1ccccn1. The first kappa shape index (κ1) is 19.2. The predicted octanol–water partition coefficient (Wildman–Crippen LogP) is 1.72. The summed E-state index contributed by atoms with van der Waals surface area (Å²) in [5.74, 6) is -0.00264. The van der Waals surface area contributed by atoms with Crippen molar-refractivity contribution in [2.24, 2.45) is 0 Å². The molecule has 0 aromatic carbocycles. The van der Waals surface area contributed by atoms with Crippen LogP contribution in [0.3, 0.4) is 0 Å². The maximum atomic E-state index is 13.2. The summed E-state index contributed by atoms with van der Waals surface area (Å²) in [7, 11) is 1.61. The molecule has 1 saturated heterocycles. The third-order valence-electron chi connectivity index (χ3n) is 4.15. The summed E-state index contributed by atoms with van der Waals surface area (Å²) in [6, 6.07) is 5.70. The molecule has 0 saturated carbocycles. The summed E-state index contributed by atoms with van der Waals surface area (Å²) in [5.41, 5.74) is 0. The van der Waals surface area contributed by atoms with E-state index in [1.54, 1.807) is 13.3 Å². The lowest BCUT2D eigenvalue weighted by Crippen LogP contribution is -2.56. The fourth-order valence-electron chi connectivity index (χ4n) is 2.72. The standard InChI is InChI=1S/C17H27N3O3S/c1-4-20(5-2)16(21)17(22-3,14-19-10-12-23-13-11-19)24-15-8-6-7-9-18-15/h6-9H,4-5,10-14H2,1-3H3. The zero-order valence-electron chi connectivity index (χ0n) is 14.7. The normalized spacial score (nSPS) is 18.1. The topological polar surface area (TPSA) is 54.9 Å². The highest BCUT2D eigenvalue weighted by Gasteiger charge is 2.44. The Hall–Kier alpha value is -1.15. The van der Waals surface area contributed by atoms with Crippen molar-refractivity contribution in [2.75, 3.05) is 53.0 Å². The summed E-state index contributed by atoms with van der Waals surface area (Å²) < 4.78 is 11.3. The van der Waals surface area contributed by atoms with Crippen LogP contribution in [0.25, 0.3) is 0 Å². The second-order valence-electron chi connectivity index (χ2n) is 5.59. The average Bonchev–Trinajstić information content (AvgIpc) is 2.63. The molecule has 1 atom stereocenters. The Bertz CT molecular complexity index is 507. The van der Waals surface area contributed by atoms with Crippen LogP contribution in [0.15, 0.2) is 29.4 Å². The first-order valence-electron chi connectivity index (χ1n) is 8.40. The number of amides is 1. The second-order valence-corrected chi connectivity index (χ2v) is 6.87. The summed E-state index contributed by atoms with van der Waals surface area (Å²) in [5, 5.41) is 0.785. The van der Waals surface area contributed by atoms with Crippen molar-refractivity contribution in [3.05, 3.63) is 24.4 Å². The monoisotopic (exact) mass is 353 g/mol. The van der Waals surface area contributed by atoms with Gasteiger partial charge in [0.25, 0.3) is 5.91 Å². The number of hydrogen-bond acceptors (Lipinski definition) is 6. The molecule has 1 aromatic rings. The van der Waals surface area contributed by atoms with Gasteiger partial charge in [-0.1, -0.05) is 17.8 Å². The molecule has 0 radical (unpaired) electrons. The molecule has 134 valence electrons. The highest BCUT2D eigenvalue weighted by Crippen LogP contribution is 2.35. The predicted molar refractivity (Wildman–Crippen MR) is 95.0 cm³/mol. The molecular formula is C17H27N3O3S. The molecule has 1 aliphatic heterocycles. The van der Waals surface area contributed by atoms with E-state index in [1.165, 1.54) is 11.8 Å². The van der Waals surface area contributed by atoms with Crippen LogP contribution in [0.5, 0.6) is 0 Å². The fourth-order valence-corrected chi connectivity index (χ4v) is 3.86. The van der Waals surface area contributed by atoms with Crippen molar-refractivity contribution in [1.29, 1.82) is 0 Å². The Labute approximate surface area is 148 Å². The van der Waals surface area contributed by atoms with Gasteiger partial charge in [-0.15, -0.1) is 0 Å². The number of hydrogen-bond donors (Lipinski definition) is 0. The van der Waals surface area contributed by atoms with Gasteiger partial charge in [0, 0.05) is 46.0 Å². The molecule has 24 heavy (non-hydrogen) atoms. The molecule has 2 rings (SSSR count). The highest BCUT2D eigenvalue weighted by molar-refractivity contribution is 8.01. The van der Waals surface area contributed by atoms with E-state index in [1.807, 2.05) is 36.9 Å². The minimum absolute atomic E-state index is 0.00264. The third-order valence-corrected chi connectivity index (χ3v) is 5.40. The van der Waals surface area contributed by atoms with Crippen molar-refractivity contribution in [3.63, 3.8) is 0 Å². The van der Waals surface area contributed by atoms with Gasteiger partial charge in [-0.05, 0) is 26.0 Å². The average molecular weight is 353 g/mol. The molecule has 1 unspecified atom stereocenters. The summed E-state index contributed by atoms with van der Waals surface area (Å²) in [6.45, 7) is 8.80. The zero-order chi connectivity index (χ0) is 17.4. The number of morpholine rings is 1. The molecule has 1 fully saturated rings. The molecule has 7 heteroatoms. The van der Waals surface area contributed by atoms with E-state index in [9.17, 15) is 4.79 Å². The highest BCUT2D eigenvalue weighted by atomic mass is 32.2. The van der Waals surface area contributed by atoms with Gasteiger partial charge in [-0.2, -0.15) is 0 Å². The van der Waals surface area contributed by atoms with Gasteiger partial charge >= 0.3 is 0 Å². The summed E-state index contributed by atoms with van der Waals surface area (Å²) in [4.78, 5) is 20.6. The van der Waals surface area contributed by atoms with E-state index in [0.29, 0.717) is 32.8 Å². The number of thioether (sulfide) groups is 1. The van der Waals surface area contributed by atoms with Crippen molar-refractivity contribution in [2.45, 2.75) is 23.8 Å². The molecular weight excluding hydrogens is 326 g/mol. The van der Waals surface area contributed by atoms with E-state index in [2.05, 4.69) is 9.88 Å². The first-order chi connectivity index (χ1) is 11.6. The van der Waals surface area contributed by atoms with Gasteiger partial charge in [-0.25, -0.2) is 4.98 Å². The van der Waals surface area contributed by atoms with Crippen molar-refractivity contribution in [3.8, 4) is 0 Å². The number of carbonyl (C=O) groups excluding carboxylic acids is 1. The van der Waals surface area contributed by atoms with Crippen LogP contribution in [-0.4, -0.2) is 78.7 Å². The van der Waals surface area contributed by atoms with Crippen molar-refractivity contribution < 1.29 is 14.3 Å². The number of nitrogens with zero attached hydrogens (tertiary/aromatic N) is 3. The second kappa shape index (κ2) is 9.36. The lowest BCUT2D eigenvalue weighted by atomic mass is 10.2. The van der Waals surface area contributed by atoms with Gasteiger partial charge in [0.05, 0.1) is 18.2 Å². The number of aromatic nitrogens is 1. The van der Waals surface area contributed by atoms with Crippen molar-refractivity contribution >= 4 is 17.7 Å². The van der Waals surface area contributed by atoms with Crippen molar-refractivity contribution in [1.82, 2.24) is 14.8 Å². The number of rotatable bonds is 8. The number of methoxy groups -OCH3 is 1. The molecule has 0 N–H and O–H groups in total. The van der Waals surface area contributed by atoms with Crippen LogP contribution < -0.4 is 0 Å². The number of ether oxygens (including phenoxy) is 2. The smallest absolute Gasteiger partial charge is 0.267 e. The fraction of sp³-hybridized carbons (Fsp3) is 0.647. The third kappa shape index (κ3) is 4.69.